The highest BCUT2D eigenvalue weighted by Crippen LogP contribution is 2.10. The Kier molecular flexibility index (Phi) is 0.703. The van der Waals surface area contributed by atoms with Gasteiger partial charge in [-0.15, -0.1) is 0 Å². The monoisotopic (exact) mass is 130 g/mol. The Balaban J connectivity index is 3.46. The van der Waals surface area contributed by atoms with Gasteiger partial charge in [-0.05, 0) is 18.1 Å². The van der Waals surface area contributed by atoms with Gasteiger partial charge in [0.2, 0.25) is 0 Å². The second-order valence-electron chi connectivity index (χ2n) is 1.29. The Morgan fingerprint density at radius 2 is 2.38 bits per heavy atom. The van der Waals surface area contributed by atoms with Gasteiger partial charge >= 0.3 is 0 Å². The first-order valence-corrected chi connectivity index (χ1v) is 2.43. The zero-order valence-electron chi connectivity index (χ0n) is 7.03. The Hall–Kier alpha value is -0.690. The fourth-order valence-electron chi connectivity index (χ4n) is 0.368. The SMILES string of the molecule is [2H]c1cc([2H])c(Cl)c([2H])c1N. The van der Waals surface area contributed by atoms with Crippen LogP contribution in [0.4, 0.5) is 5.69 Å². The van der Waals surface area contributed by atoms with Crippen LogP contribution in [0.25, 0.3) is 0 Å². The molecule has 8 heavy (non-hydrogen) atoms. The number of halogens is 1. The van der Waals surface area contributed by atoms with Crippen molar-refractivity contribution in [3.05, 3.63) is 29.2 Å². The second-order valence-corrected chi connectivity index (χ2v) is 1.66. The van der Waals surface area contributed by atoms with Crippen molar-refractivity contribution >= 4 is 17.3 Å². The summed E-state index contributed by atoms with van der Waals surface area (Å²) in [7, 11) is 0. The molecular weight excluding hydrogens is 122 g/mol. The van der Waals surface area contributed by atoms with E-state index >= 15 is 0 Å². The van der Waals surface area contributed by atoms with Gasteiger partial charge in [-0.2, -0.15) is 0 Å². The van der Waals surface area contributed by atoms with Gasteiger partial charge in [0.15, 0.2) is 0 Å². The maximum Gasteiger partial charge on any atom is 0.0660 e. The molecule has 0 atom stereocenters. The predicted octanol–water partition coefficient (Wildman–Crippen LogP) is 1.92. The van der Waals surface area contributed by atoms with Crippen LogP contribution in [-0.4, -0.2) is 0 Å². The summed E-state index contributed by atoms with van der Waals surface area (Å²) in [6.45, 7) is 0. The number of rotatable bonds is 0. The lowest BCUT2D eigenvalue weighted by Gasteiger charge is -1.89. The number of benzene rings is 1. The minimum Gasteiger partial charge on any atom is -0.399 e. The number of hydrogen-bond acceptors (Lipinski definition) is 1. The van der Waals surface area contributed by atoms with E-state index in [0.29, 0.717) is 0 Å². The normalized spacial score (nSPS) is 14.4. The molecule has 2 heteroatoms. The summed E-state index contributed by atoms with van der Waals surface area (Å²) >= 11 is 5.52. The molecule has 1 rings (SSSR count). The summed E-state index contributed by atoms with van der Waals surface area (Å²) in [5.41, 5.74) is 5.33. The van der Waals surface area contributed by atoms with Gasteiger partial charge in [0, 0.05) is 10.7 Å². The zero-order chi connectivity index (χ0) is 8.59. The van der Waals surface area contributed by atoms with Crippen molar-refractivity contribution in [1.29, 1.82) is 0 Å². The molecule has 0 bridgehead atoms. The maximum absolute atomic E-state index is 7.23. The summed E-state index contributed by atoms with van der Waals surface area (Å²) in [6, 6.07) is 1.03. The lowest BCUT2D eigenvalue weighted by molar-refractivity contribution is 1.69. The number of hydrogen-bond donors (Lipinski definition) is 1. The molecule has 0 radical (unpaired) electrons. The van der Waals surface area contributed by atoms with E-state index in [-0.39, 0.29) is 28.8 Å². The van der Waals surface area contributed by atoms with Gasteiger partial charge in [-0.25, -0.2) is 0 Å². The molecule has 1 aromatic rings. The van der Waals surface area contributed by atoms with Crippen molar-refractivity contribution in [2.45, 2.75) is 0 Å². The molecule has 0 aliphatic carbocycles. The van der Waals surface area contributed by atoms with Gasteiger partial charge in [-0.1, -0.05) is 17.7 Å². The minimum absolute atomic E-state index is 0.00139. The van der Waals surface area contributed by atoms with Crippen LogP contribution in [0.2, 0.25) is 5.02 Å². The molecule has 42 valence electrons. The smallest absolute Gasteiger partial charge is 0.0660 e. The molecule has 1 aromatic carbocycles. The first kappa shape index (κ1) is 2.74. The summed E-state index contributed by atoms with van der Waals surface area (Å²) in [5, 5.41) is -0.00139. The first-order chi connectivity index (χ1) is 5.04. The van der Waals surface area contributed by atoms with Crippen LogP contribution in [0, 0.1) is 0 Å². The second kappa shape index (κ2) is 2.05. The molecule has 0 heterocycles. The molecule has 0 aliphatic rings. The Bertz CT molecular complexity index is 274. The van der Waals surface area contributed by atoms with Crippen molar-refractivity contribution in [2.75, 3.05) is 5.73 Å². The summed E-state index contributed by atoms with van der Waals surface area (Å²) in [5.74, 6) is 0. The molecular formula is C6H6ClN. The van der Waals surface area contributed by atoms with Crippen LogP contribution in [0.5, 0.6) is 0 Å². The molecule has 0 aromatic heterocycles. The largest absolute Gasteiger partial charge is 0.399 e. The highest BCUT2D eigenvalue weighted by Gasteiger charge is 1.83. The van der Waals surface area contributed by atoms with Gasteiger partial charge in [0.25, 0.3) is 0 Å². The van der Waals surface area contributed by atoms with E-state index in [1.165, 1.54) is 6.07 Å². The fourth-order valence-corrected chi connectivity index (χ4v) is 0.524. The van der Waals surface area contributed by atoms with E-state index in [4.69, 9.17) is 21.4 Å². The van der Waals surface area contributed by atoms with Gasteiger partial charge < -0.3 is 5.73 Å². The molecule has 0 aliphatic heterocycles. The number of anilines is 1. The first-order valence-electron chi connectivity index (χ1n) is 3.56. The summed E-state index contributed by atoms with van der Waals surface area (Å²) < 4.78 is 21.6. The third-order valence-corrected chi connectivity index (χ3v) is 0.875. The van der Waals surface area contributed by atoms with Gasteiger partial charge in [0.1, 0.15) is 0 Å². The molecule has 0 saturated carbocycles. The third-order valence-electron chi connectivity index (χ3n) is 0.671. The highest BCUT2D eigenvalue weighted by molar-refractivity contribution is 6.30. The van der Waals surface area contributed by atoms with Crippen LogP contribution in [0.1, 0.15) is 4.11 Å². The van der Waals surface area contributed by atoms with E-state index < -0.39 is 0 Å². The maximum atomic E-state index is 7.23. The van der Waals surface area contributed by atoms with Crippen molar-refractivity contribution in [3.63, 3.8) is 0 Å². The van der Waals surface area contributed by atoms with Crippen LogP contribution in [0.3, 0.4) is 0 Å². The fraction of sp³-hybridized carbons (Fsp3) is 0. The molecule has 2 N–H and O–H groups in total. The van der Waals surface area contributed by atoms with Crippen LogP contribution < -0.4 is 5.73 Å². The Labute approximate surface area is 57.3 Å². The van der Waals surface area contributed by atoms with E-state index in [1.54, 1.807) is 0 Å². The van der Waals surface area contributed by atoms with Crippen LogP contribution >= 0.6 is 11.6 Å². The quantitative estimate of drug-likeness (QED) is 0.534. The van der Waals surface area contributed by atoms with Crippen LogP contribution in [0.15, 0.2) is 24.2 Å². The predicted molar refractivity (Wildman–Crippen MR) is 35.9 cm³/mol. The summed E-state index contributed by atoms with van der Waals surface area (Å²) in [6.07, 6.45) is 0. The van der Waals surface area contributed by atoms with Crippen molar-refractivity contribution < 1.29 is 4.11 Å². The number of nitrogen functional groups attached to an aromatic ring is 1. The van der Waals surface area contributed by atoms with Crippen molar-refractivity contribution in [1.82, 2.24) is 0 Å². The Morgan fingerprint density at radius 3 is 3.12 bits per heavy atom. The van der Waals surface area contributed by atoms with E-state index in [0.717, 1.165) is 0 Å². The standard InChI is InChI=1S/C6H6ClN/c7-5-2-1-3-6(8)4-5/h1-4H,8H2/i2D,3D,4D. The number of nitrogens with two attached hydrogens (primary N) is 1. The average Bonchev–Trinajstić information content (AvgIpc) is 1.97. The van der Waals surface area contributed by atoms with Crippen molar-refractivity contribution in [2.24, 2.45) is 0 Å². The molecule has 0 saturated heterocycles. The molecule has 0 amide bonds. The highest BCUT2D eigenvalue weighted by atomic mass is 35.5. The van der Waals surface area contributed by atoms with E-state index in [2.05, 4.69) is 0 Å². The lowest BCUT2D eigenvalue weighted by atomic mass is 10.3. The molecule has 0 fully saturated rings. The minimum atomic E-state index is -0.135. The van der Waals surface area contributed by atoms with Crippen molar-refractivity contribution in [3.8, 4) is 0 Å². The van der Waals surface area contributed by atoms with Gasteiger partial charge in [0.05, 0.1) is 4.11 Å². The topological polar surface area (TPSA) is 26.0 Å². The van der Waals surface area contributed by atoms with Gasteiger partial charge in [-0.3, -0.25) is 0 Å². The summed E-state index contributed by atoms with van der Waals surface area (Å²) in [4.78, 5) is 0. The zero-order valence-corrected chi connectivity index (χ0v) is 4.79. The Morgan fingerprint density at radius 1 is 1.62 bits per heavy atom. The average molecular weight is 131 g/mol. The molecule has 0 spiro atoms. The molecule has 0 unspecified atom stereocenters. The van der Waals surface area contributed by atoms with E-state index in [1.807, 2.05) is 0 Å². The van der Waals surface area contributed by atoms with Crippen LogP contribution in [-0.2, 0) is 0 Å². The lowest BCUT2D eigenvalue weighted by Crippen LogP contribution is -1.80. The van der Waals surface area contributed by atoms with E-state index in [9.17, 15) is 0 Å². The third kappa shape index (κ3) is 1.14. The molecule has 1 nitrogen and oxygen atoms in total.